The first kappa shape index (κ1) is 23.6. The Labute approximate surface area is 186 Å². The van der Waals surface area contributed by atoms with E-state index in [1.807, 2.05) is 12.1 Å². The fourth-order valence-electron chi connectivity index (χ4n) is 5.52. The fraction of sp³-hybridized carbons (Fsp3) is 0.652. The average Bonchev–Trinajstić information content (AvgIpc) is 2.78. The van der Waals surface area contributed by atoms with Gasteiger partial charge in [-0.1, -0.05) is 26.0 Å². The highest BCUT2D eigenvalue weighted by atomic mass is 16.5. The Morgan fingerprint density at radius 1 is 1.19 bits per heavy atom. The largest absolute Gasteiger partial charge is 0.436 e. The van der Waals surface area contributed by atoms with Gasteiger partial charge in [-0.25, -0.2) is 0 Å². The van der Waals surface area contributed by atoms with E-state index < -0.39 is 13.9 Å². The molecule has 0 aliphatic heterocycles. The molecule has 170 valence electrons. The number of hydrogen-bond donors (Lipinski definition) is 5. The number of carbonyl (C=O) groups is 1. The molecule has 3 aliphatic rings. The highest BCUT2D eigenvalue weighted by Crippen LogP contribution is 2.60. The van der Waals surface area contributed by atoms with E-state index in [0.29, 0.717) is 30.4 Å². The van der Waals surface area contributed by atoms with Gasteiger partial charge >= 0.3 is 7.69 Å². The second-order valence-corrected chi connectivity index (χ2v) is 9.62. The molecule has 4 rings (SSSR count). The normalized spacial score (nSPS) is 25.8. The molecule has 0 heterocycles. The number of amides is 1. The molecule has 3 fully saturated rings. The molecule has 1 aromatic rings. The van der Waals surface area contributed by atoms with Gasteiger partial charge in [-0.15, -0.1) is 0 Å². The topological polar surface area (TPSA) is 120 Å². The van der Waals surface area contributed by atoms with E-state index in [-0.39, 0.29) is 17.3 Å². The van der Waals surface area contributed by atoms with E-state index in [4.69, 9.17) is 20.8 Å². The third-order valence-electron chi connectivity index (χ3n) is 7.81. The maximum Gasteiger partial charge on any atom is 0.436 e. The van der Waals surface area contributed by atoms with Crippen LogP contribution in [0.3, 0.4) is 0 Å². The summed E-state index contributed by atoms with van der Waals surface area (Å²) in [6.45, 7) is 5.25. The third-order valence-corrected chi connectivity index (χ3v) is 7.81. The Kier molecular flexibility index (Phi) is 7.65. The van der Waals surface area contributed by atoms with Crippen molar-refractivity contribution in [1.82, 2.24) is 10.6 Å². The van der Waals surface area contributed by atoms with Gasteiger partial charge in [0.25, 0.3) is 5.91 Å². The summed E-state index contributed by atoms with van der Waals surface area (Å²) in [6, 6.07) is 8.07. The minimum absolute atomic E-state index is 0.0888. The molecule has 3 aliphatic carbocycles. The van der Waals surface area contributed by atoms with Crippen LogP contribution in [0.2, 0.25) is 0 Å². The quantitative estimate of drug-likeness (QED) is 0.129. The van der Waals surface area contributed by atoms with E-state index in [0.717, 1.165) is 5.92 Å². The van der Waals surface area contributed by atoms with Gasteiger partial charge in [0, 0.05) is 12.1 Å². The van der Waals surface area contributed by atoms with Gasteiger partial charge in [0.2, 0.25) is 0 Å². The summed E-state index contributed by atoms with van der Waals surface area (Å²) in [5.74, 6) is 0.450. The van der Waals surface area contributed by atoms with Gasteiger partial charge in [0.15, 0.2) is 5.96 Å². The Morgan fingerprint density at radius 2 is 1.81 bits per heavy atom. The van der Waals surface area contributed by atoms with Gasteiger partial charge < -0.3 is 26.0 Å². The van der Waals surface area contributed by atoms with Crippen molar-refractivity contribution in [2.45, 2.75) is 76.9 Å². The van der Waals surface area contributed by atoms with Gasteiger partial charge in [0.05, 0.1) is 0 Å². The molecule has 3 saturated carbocycles. The molecule has 0 unspecified atom stereocenters. The summed E-state index contributed by atoms with van der Waals surface area (Å²) >= 11 is 0. The van der Waals surface area contributed by atoms with Gasteiger partial charge in [0.1, 0.15) is 6.23 Å². The second kappa shape index (κ2) is 10.0. The van der Waals surface area contributed by atoms with Crippen LogP contribution >= 0.6 is 0 Å². The zero-order valence-corrected chi connectivity index (χ0v) is 18.9. The van der Waals surface area contributed by atoms with E-state index >= 15 is 0 Å². The predicted octanol–water partition coefficient (Wildman–Crippen LogP) is 2.53. The molecule has 2 bridgehead atoms. The summed E-state index contributed by atoms with van der Waals surface area (Å²) in [7, 11) is -0.468. The Morgan fingerprint density at radius 3 is 2.32 bits per heavy atom. The lowest BCUT2D eigenvalue weighted by atomic mass is 9.49. The first-order valence-electron chi connectivity index (χ1n) is 11.5. The SMILES string of the molecule is CC(C)C12CCC(c3ccc(C(=O)N[C@@H](CCCNC(=N)N)OBO)cc3)(CC1)CC2. The van der Waals surface area contributed by atoms with Crippen LogP contribution in [0, 0.1) is 16.7 Å². The number of fused-ring (bicyclic) bond motifs is 3. The standard InChI is InChI=1S/C23H37BN4O3/c1-16(2)22-9-12-23(13-10-22,14-11-22)18-7-5-17(6-8-18)20(29)28-19(31-24-30)4-3-15-27-21(25)26/h5-8,16,19,24,30H,3-4,9-15H2,1-2H3,(H,28,29)(H4,25,26,27)/t19-,22?,23?/m1/s1. The first-order chi connectivity index (χ1) is 14.8. The van der Waals surface area contributed by atoms with Crippen LogP contribution in [0.5, 0.6) is 0 Å². The first-order valence-corrected chi connectivity index (χ1v) is 11.5. The lowest BCUT2D eigenvalue weighted by molar-refractivity contribution is 0.00186. The number of rotatable bonds is 10. The van der Waals surface area contributed by atoms with Crippen molar-refractivity contribution >= 4 is 19.6 Å². The molecule has 31 heavy (non-hydrogen) atoms. The predicted molar refractivity (Wildman–Crippen MR) is 124 cm³/mol. The molecule has 0 saturated heterocycles. The van der Waals surface area contributed by atoms with Crippen molar-refractivity contribution < 1.29 is 14.5 Å². The lowest BCUT2D eigenvalue weighted by Gasteiger charge is -2.56. The summed E-state index contributed by atoms with van der Waals surface area (Å²) in [6.07, 6.45) is 8.23. The minimum Gasteiger partial charge on any atom is -0.430 e. The molecule has 8 heteroatoms. The van der Waals surface area contributed by atoms with Crippen LogP contribution in [0.4, 0.5) is 0 Å². The smallest absolute Gasteiger partial charge is 0.430 e. The van der Waals surface area contributed by atoms with Crippen LogP contribution in [0.25, 0.3) is 0 Å². The van der Waals surface area contributed by atoms with Crippen molar-refractivity contribution in [2.75, 3.05) is 6.54 Å². The van der Waals surface area contributed by atoms with E-state index in [9.17, 15) is 4.79 Å². The molecule has 0 spiro atoms. The molecule has 0 radical (unpaired) electrons. The van der Waals surface area contributed by atoms with Crippen LogP contribution in [-0.2, 0) is 10.1 Å². The molecular formula is C23H37BN4O3. The Balaban J connectivity index is 1.58. The summed E-state index contributed by atoms with van der Waals surface area (Å²) in [4.78, 5) is 12.7. The Bertz CT molecular complexity index is 744. The maximum absolute atomic E-state index is 12.7. The van der Waals surface area contributed by atoms with E-state index in [2.05, 4.69) is 36.6 Å². The van der Waals surface area contributed by atoms with Gasteiger partial charge in [-0.3, -0.25) is 10.2 Å². The fourth-order valence-corrected chi connectivity index (χ4v) is 5.52. The Hall–Kier alpha value is -2.06. The number of guanidine groups is 1. The molecule has 0 aromatic heterocycles. The molecule has 1 atom stereocenters. The average molecular weight is 428 g/mol. The number of carbonyl (C=O) groups excluding carboxylic acids is 1. The van der Waals surface area contributed by atoms with E-state index in [1.165, 1.54) is 44.1 Å². The second-order valence-electron chi connectivity index (χ2n) is 9.62. The molecule has 7 nitrogen and oxygen atoms in total. The number of nitrogens with two attached hydrogens (primary N) is 1. The number of nitrogens with one attached hydrogen (secondary N) is 3. The van der Waals surface area contributed by atoms with Gasteiger partial charge in [-0.05, 0) is 85.8 Å². The minimum atomic E-state index is -0.592. The van der Waals surface area contributed by atoms with Crippen LogP contribution in [-0.4, -0.2) is 37.3 Å². The van der Waals surface area contributed by atoms with E-state index in [1.54, 1.807) is 0 Å². The van der Waals surface area contributed by atoms with Crippen molar-refractivity contribution in [2.24, 2.45) is 17.1 Å². The molecule has 1 amide bonds. The lowest BCUT2D eigenvalue weighted by Crippen LogP contribution is -2.46. The highest BCUT2D eigenvalue weighted by molar-refractivity contribution is 6.16. The molecular weight excluding hydrogens is 391 g/mol. The number of benzene rings is 1. The summed E-state index contributed by atoms with van der Waals surface area (Å²) in [5, 5.41) is 21.8. The number of hydrogen-bond acceptors (Lipinski definition) is 4. The van der Waals surface area contributed by atoms with Gasteiger partial charge in [-0.2, -0.15) is 0 Å². The van der Waals surface area contributed by atoms with Crippen LogP contribution in [0.1, 0.15) is 81.1 Å². The maximum atomic E-state index is 12.7. The summed E-state index contributed by atoms with van der Waals surface area (Å²) in [5.41, 5.74) is 8.04. The zero-order valence-electron chi connectivity index (χ0n) is 18.9. The molecule has 1 aromatic carbocycles. The monoisotopic (exact) mass is 428 g/mol. The van der Waals surface area contributed by atoms with Crippen LogP contribution < -0.4 is 16.4 Å². The van der Waals surface area contributed by atoms with Crippen LogP contribution in [0.15, 0.2) is 24.3 Å². The zero-order chi connectivity index (χ0) is 22.5. The van der Waals surface area contributed by atoms with Crippen molar-refractivity contribution in [3.8, 4) is 0 Å². The third kappa shape index (κ3) is 5.41. The van der Waals surface area contributed by atoms with Crippen molar-refractivity contribution in [1.29, 1.82) is 5.41 Å². The molecule has 6 N–H and O–H groups in total. The summed E-state index contributed by atoms with van der Waals surface area (Å²) < 4.78 is 5.24. The highest BCUT2D eigenvalue weighted by Gasteiger charge is 2.50. The van der Waals surface area contributed by atoms with Crippen molar-refractivity contribution in [3.63, 3.8) is 0 Å². The van der Waals surface area contributed by atoms with Crippen molar-refractivity contribution in [3.05, 3.63) is 35.4 Å².